The summed E-state index contributed by atoms with van der Waals surface area (Å²) in [6.45, 7) is 0. The molecule has 1 aromatic carbocycles. The van der Waals surface area contributed by atoms with E-state index in [1.54, 1.807) is 12.4 Å². The van der Waals surface area contributed by atoms with Crippen LogP contribution in [-0.4, -0.2) is 55.9 Å². The minimum absolute atomic E-state index is 0.0178. The van der Waals surface area contributed by atoms with Crippen molar-refractivity contribution in [2.45, 2.75) is 38.1 Å². The number of nitrogens with two attached hydrogens (primary N) is 1. The number of hydrogen-bond donors (Lipinski definition) is 2. The van der Waals surface area contributed by atoms with Crippen molar-refractivity contribution in [2.24, 2.45) is 5.92 Å². The number of carboxylic acids is 1. The van der Waals surface area contributed by atoms with Gasteiger partial charge in [0.2, 0.25) is 0 Å². The Morgan fingerprint density at radius 1 is 1.21 bits per heavy atom. The Balaban J connectivity index is 1.24. The molecule has 5 rings (SSSR count). The topological polar surface area (TPSA) is 137 Å². The fourth-order valence-electron chi connectivity index (χ4n) is 4.25. The molecule has 0 amide bonds. The van der Waals surface area contributed by atoms with Gasteiger partial charge in [0.15, 0.2) is 0 Å². The van der Waals surface area contributed by atoms with Gasteiger partial charge in [0.05, 0.1) is 0 Å². The number of aromatic nitrogens is 5. The molecular formula is C21H19AsClN6O3S. The van der Waals surface area contributed by atoms with E-state index in [2.05, 4.69) is 19.9 Å². The summed E-state index contributed by atoms with van der Waals surface area (Å²) in [5, 5.41) is 9.09. The molecule has 169 valence electrons. The Hall–Kier alpha value is -2.55. The molecule has 0 atom stereocenters. The number of halogens is 1. The fraction of sp³-hybridized carbons (Fsp3) is 0.333. The summed E-state index contributed by atoms with van der Waals surface area (Å²) in [6.07, 6.45) is 5.02. The van der Waals surface area contributed by atoms with E-state index in [0.717, 1.165) is 45.3 Å². The van der Waals surface area contributed by atoms with Crippen molar-refractivity contribution in [2.75, 3.05) is 5.73 Å². The Kier molecular flexibility index (Phi) is 6.07. The van der Waals surface area contributed by atoms with Gasteiger partial charge in [0.1, 0.15) is 0 Å². The summed E-state index contributed by atoms with van der Waals surface area (Å²) in [5.41, 5.74) is 8.65. The number of anilines is 1. The van der Waals surface area contributed by atoms with Crippen LogP contribution in [0.3, 0.4) is 0 Å². The van der Waals surface area contributed by atoms with Crippen LogP contribution in [0, 0.1) is 5.92 Å². The Morgan fingerprint density at radius 2 is 2.00 bits per heavy atom. The van der Waals surface area contributed by atoms with Crippen molar-refractivity contribution in [3.63, 3.8) is 0 Å². The van der Waals surface area contributed by atoms with Crippen LogP contribution >= 0.6 is 22.9 Å². The van der Waals surface area contributed by atoms with Gasteiger partial charge in [-0.2, -0.15) is 0 Å². The Morgan fingerprint density at radius 3 is 2.76 bits per heavy atom. The molecule has 3 aromatic heterocycles. The number of rotatable bonds is 6. The first-order valence-corrected chi connectivity index (χ1v) is 13.5. The van der Waals surface area contributed by atoms with Crippen LogP contribution in [0.1, 0.15) is 37.3 Å². The average Bonchev–Trinajstić information content (AvgIpc) is 3.36. The van der Waals surface area contributed by atoms with E-state index in [0.29, 0.717) is 15.7 Å². The second kappa shape index (κ2) is 9.00. The number of hydrogen-bond acceptors (Lipinski definition) is 8. The number of thiazole rings is 1. The molecule has 12 heteroatoms. The number of aliphatic carboxylic acids is 1. The third-order valence-electron chi connectivity index (χ3n) is 5.86. The van der Waals surface area contributed by atoms with Crippen LogP contribution in [0.5, 0.6) is 0 Å². The second-order valence-corrected chi connectivity index (χ2v) is 12.3. The van der Waals surface area contributed by atoms with E-state index >= 15 is 0 Å². The van der Waals surface area contributed by atoms with Crippen LogP contribution in [-0.2, 0) is 16.0 Å². The summed E-state index contributed by atoms with van der Waals surface area (Å²) < 4.78 is 4.08. The molecule has 9 nitrogen and oxygen atoms in total. The molecule has 0 unspecified atom stereocenters. The predicted molar refractivity (Wildman–Crippen MR) is 127 cm³/mol. The van der Waals surface area contributed by atoms with Crippen LogP contribution in [0.2, 0.25) is 5.28 Å². The summed E-state index contributed by atoms with van der Waals surface area (Å²) in [7, 11) is 0. The van der Waals surface area contributed by atoms with Gasteiger partial charge in [0.25, 0.3) is 0 Å². The molecule has 1 saturated carbocycles. The van der Waals surface area contributed by atoms with Crippen LogP contribution < -0.4 is 9.53 Å². The molecular weight excluding hydrogens is 527 g/mol. The number of benzene rings is 1. The zero-order chi connectivity index (χ0) is 23.1. The number of nitrogen functional groups attached to an aromatic ring is 1. The number of imidazole rings is 1. The molecule has 33 heavy (non-hydrogen) atoms. The number of carboxylic acid groups (broad SMARTS) is 1. The van der Waals surface area contributed by atoms with Crippen molar-refractivity contribution >= 4 is 80.2 Å². The minimum atomic E-state index is -0.862. The van der Waals surface area contributed by atoms with E-state index in [-0.39, 0.29) is 29.5 Å². The molecule has 0 saturated heterocycles. The summed E-state index contributed by atoms with van der Waals surface area (Å²) in [5.74, 6) is -0.560. The normalized spacial score (nSPS) is 19.1. The molecule has 0 bridgehead atoms. The third kappa shape index (κ3) is 4.60. The second-order valence-electron chi connectivity index (χ2n) is 8.03. The molecule has 1 aliphatic rings. The number of carbonyl (C=O) groups is 2. The van der Waals surface area contributed by atoms with Crippen LogP contribution in [0.4, 0.5) is 5.82 Å². The van der Waals surface area contributed by atoms with E-state index < -0.39 is 21.7 Å². The van der Waals surface area contributed by atoms with E-state index in [1.807, 2.05) is 16.7 Å². The number of fused-ring (bicyclic) bond motifs is 2. The van der Waals surface area contributed by atoms with Gasteiger partial charge in [0, 0.05) is 0 Å². The van der Waals surface area contributed by atoms with Gasteiger partial charge in [-0.3, -0.25) is 0 Å². The maximum absolute atomic E-state index is 13.0. The van der Waals surface area contributed by atoms with E-state index in [4.69, 9.17) is 22.4 Å². The van der Waals surface area contributed by atoms with Crippen molar-refractivity contribution < 1.29 is 14.7 Å². The van der Waals surface area contributed by atoms with Gasteiger partial charge in [-0.05, 0) is 0 Å². The van der Waals surface area contributed by atoms with Gasteiger partial charge in [-0.1, -0.05) is 0 Å². The number of nitrogens with zero attached hydrogens (tertiary/aromatic N) is 5. The molecule has 0 aliphatic heterocycles. The first-order chi connectivity index (χ1) is 15.9. The SMILES string of the molecule is Nc1nc(Cl)nc2c1ncn2C1CCC(C(=O)[As]c2nc3ccc(CC(=O)O)cc3s2)CC1. The van der Waals surface area contributed by atoms with Crippen LogP contribution in [0.15, 0.2) is 24.5 Å². The molecule has 1 fully saturated rings. The molecule has 3 N–H and O–H groups in total. The van der Waals surface area contributed by atoms with Crippen molar-refractivity contribution in [1.82, 2.24) is 24.5 Å². The van der Waals surface area contributed by atoms with Crippen molar-refractivity contribution in [1.29, 1.82) is 0 Å². The molecule has 1 aliphatic carbocycles. The quantitative estimate of drug-likeness (QED) is 0.279. The fourth-order valence-corrected chi connectivity index (χ4v) is 8.26. The number of carbonyl (C=O) groups excluding carboxylic acids is 1. The van der Waals surface area contributed by atoms with Crippen molar-refractivity contribution in [3.05, 3.63) is 35.4 Å². The third-order valence-corrected chi connectivity index (χ3v) is 9.74. The monoisotopic (exact) mass is 545 g/mol. The van der Waals surface area contributed by atoms with E-state index in [9.17, 15) is 9.59 Å². The van der Waals surface area contributed by atoms with Gasteiger partial charge >= 0.3 is 205 Å². The first kappa shape index (κ1) is 22.3. The van der Waals surface area contributed by atoms with Crippen LogP contribution in [0.25, 0.3) is 21.4 Å². The Labute approximate surface area is 204 Å². The standard InChI is InChI=1S/C21H19AsClN6O3S/c23-21-27-18(24)16-19(28-21)29(9-25-16)12-4-2-11(3-5-12)17(32)22-20-26-13-6-1-10(8-15(30)31)7-14(13)33-20/h1,6-7,9,11-12H,2-5,8H2,(H,30,31)(H2,24,27,28). The predicted octanol–water partition coefficient (Wildman–Crippen LogP) is 2.59. The van der Waals surface area contributed by atoms with Gasteiger partial charge < -0.3 is 0 Å². The summed E-state index contributed by atoms with van der Waals surface area (Å²) >= 11 is 6.79. The molecule has 4 aromatic rings. The summed E-state index contributed by atoms with van der Waals surface area (Å²) in [6, 6.07) is 5.67. The zero-order valence-electron chi connectivity index (χ0n) is 17.3. The zero-order valence-corrected chi connectivity index (χ0v) is 20.8. The van der Waals surface area contributed by atoms with Gasteiger partial charge in [-0.25, -0.2) is 0 Å². The summed E-state index contributed by atoms with van der Waals surface area (Å²) in [4.78, 5) is 41.2. The Bertz CT molecular complexity index is 1380. The molecule has 0 spiro atoms. The molecule has 1 radical (unpaired) electrons. The maximum atomic E-state index is 13.0. The van der Waals surface area contributed by atoms with Gasteiger partial charge in [-0.15, -0.1) is 0 Å². The van der Waals surface area contributed by atoms with E-state index in [1.165, 1.54) is 11.3 Å². The molecule has 3 heterocycles. The first-order valence-electron chi connectivity index (χ1n) is 10.4. The van der Waals surface area contributed by atoms with Crippen molar-refractivity contribution in [3.8, 4) is 0 Å². The average molecular weight is 546 g/mol.